The van der Waals surface area contributed by atoms with E-state index in [1.54, 1.807) is 11.6 Å². The van der Waals surface area contributed by atoms with Gasteiger partial charge in [0.15, 0.2) is 0 Å². The zero-order valence-electron chi connectivity index (χ0n) is 16.0. The Morgan fingerprint density at radius 3 is 2.64 bits per heavy atom. The zero-order valence-corrected chi connectivity index (χ0v) is 16.0. The van der Waals surface area contributed by atoms with Gasteiger partial charge in [0.2, 0.25) is 0 Å². The number of anilines is 1. The van der Waals surface area contributed by atoms with Crippen molar-refractivity contribution in [2.24, 2.45) is 5.92 Å². The van der Waals surface area contributed by atoms with Crippen LogP contribution in [0.3, 0.4) is 0 Å². The number of carbonyl (C=O) groups is 1. The lowest BCUT2D eigenvalue weighted by molar-refractivity contribution is -0.124. The van der Waals surface area contributed by atoms with Gasteiger partial charge in [0.05, 0.1) is 0 Å². The Labute approximate surface area is 166 Å². The first-order valence-electron chi connectivity index (χ1n) is 9.99. The fourth-order valence-corrected chi connectivity index (χ4v) is 4.45. The third-order valence-corrected chi connectivity index (χ3v) is 6.00. The van der Waals surface area contributed by atoms with Crippen LogP contribution in [0.4, 0.5) is 5.69 Å². The van der Waals surface area contributed by atoms with Crippen LogP contribution in [-0.2, 0) is 11.3 Å². The largest absolute Gasteiger partial charge is 0.384 e. The number of hydrogen-bond donors (Lipinski definition) is 3. The second-order valence-electron chi connectivity index (χ2n) is 7.74. The molecule has 0 saturated carbocycles. The van der Waals surface area contributed by atoms with Gasteiger partial charge in [-0.2, -0.15) is 0 Å². The second-order valence-corrected chi connectivity index (χ2v) is 7.74. The van der Waals surface area contributed by atoms with E-state index >= 15 is 0 Å². The minimum absolute atomic E-state index is 0.521. The van der Waals surface area contributed by atoms with Crippen molar-refractivity contribution in [3.8, 4) is 0 Å². The number of hydrogen-bond acceptors (Lipinski definition) is 4. The zero-order chi connectivity index (χ0) is 19.3. The van der Waals surface area contributed by atoms with Crippen LogP contribution in [0.1, 0.15) is 35.4 Å². The molecule has 2 aromatic rings. The molecular formula is C23H27N3O2. The molecule has 5 nitrogen and oxygen atoms in total. The summed E-state index contributed by atoms with van der Waals surface area (Å²) in [7, 11) is 0. The molecule has 2 aliphatic heterocycles. The number of carbonyl (C=O) groups excluding carboxylic acids is 1. The van der Waals surface area contributed by atoms with Gasteiger partial charge in [-0.3, -0.25) is 14.9 Å². The van der Waals surface area contributed by atoms with Crippen LogP contribution in [0.2, 0.25) is 0 Å². The van der Waals surface area contributed by atoms with E-state index in [2.05, 4.69) is 46.6 Å². The molecule has 146 valence electrons. The molecule has 2 aliphatic rings. The fraction of sp³-hybridized carbons (Fsp3) is 0.348. The van der Waals surface area contributed by atoms with Crippen LogP contribution in [0.5, 0.6) is 0 Å². The van der Waals surface area contributed by atoms with Gasteiger partial charge in [-0.25, -0.2) is 5.48 Å². The van der Waals surface area contributed by atoms with E-state index in [1.165, 1.54) is 35.7 Å². The first kappa shape index (κ1) is 18.7. The number of fused-ring (bicyclic) bond motifs is 1. The third kappa shape index (κ3) is 4.26. The number of nitrogens with one attached hydrogen (secondary N) is 2. The Balaban J connectivity index is 1.29. The smallest absolute Gasteiger partial charge is 0.267 e. The van der Waals surface area contributed by atoms with Gasteiger partial charge in [0.1, 0.15) is 0 Å². The molecule has 1 amide bonds. The van der Waals surface area contributed by atoms with Gasteiger partial charge in [0, 0.05) is 30.8 Å². The highest BCUT2D eigenvalue weighted by Crippen LogP contribution is 2.40. The molecule has 2 heterocycles. The maximum absolute atomic E-state index is 11.0. The van der Waals surface area contributed by atoms with Crippen LogP contribution in [-0.4, -0.2) is 35.6 Å². The van der Waals surface area contributed by atoms with Crippen LogP contribution >= 0.6 is 0 Å². The highest BCUT2D eigenvalue weighted by molar-refractivity contribution is 5.90. The number of amides is 1. The van der Waals surface area contributed by atoms with E-state index in [0.717, 1.165) is 37.7 Å². The standard InChI is InChI=1S/C23H27N3O2/c27-23(25-28)10-9-17-5-7-18(8-6-17)16-26-13-11-19(12-14-26)21-15-24-22-4-2-1-3-20(21)22/h1-10,19,21,24,28H,11-16H2,(H,25,27)/b10-9+. The van der Waals surface area contributed by atoms with Crippen LogP contribution in [0.15, 0.2) is 54.6 Å². The quantitative estimate of drug-likeness (QED) is 0.423. The number of para-hydroxylation sites is 1. The highest BCUT2D eigenvalue weighted by atomic mass is 16.5. The monoisotopic (exact) mass is 377 g/mol. The normalized spacial score (nSPS) is 20.1. The van der Waals surface area contributed by atoms with E-state index in [-0.39, 0.29) is 0 Å². The average Bonchev–Trinajstić information content (AvgIpc) is 3.18. The van der Waals surface area contributed by atoms with Crippen LogP contribution in [0, 0.1) is 5.92 Å². The van der Waals surface area contributed by atoms with Crippen LogP contribution < -0.4 is 10.8 Å². The summed E-state index contributed by atoms with van der Waals surface area (Å²) in [6, 6.07) is 17.0. The van der Waals surface area contributed by atoms with E-state index in [1.807, 2.05) is 12.1 Å². The number of likely N-dealkylation sites (tertiary alicyclic amines) is 1. The summed E-state index contributed by atoms with van der Waals surface area (Å²) in [5, 5.41) is 12.1. The maximum Gasteiger partial charge on any atom is 0.267 e. The van der Waals surface area contributed by atoms with Crippen molar-refractivity contribution in [3.63, 3.8) is 0 Å². The van der Waals surface area contributed by atoms with Gasteiger partial charge in [-0.05, 0) is 60.7 Å². The summed E-state index contributed by atoms with van der Waals surface area (Å²) in [6.45, 7) is 4.32. The molecule has 0 radical (unpaired) electrons. The number of hydroxylamine groups is 1. The fourth-order valence-electron chi connectivity index (χ4n) is 4.45. The lowest BCUT2D eigenvalue weighted by Gasteiger charge is -2.35. The molecule has 0 aliphatic carbocycles. The predicted octanol–water partition coefficient (Wildman–Crippen LogP) is 3.63. The SMILES string of the molecule is O=C(/C=C/c1ccc(CN2CCC(C3CNc4ccccc43)CC2)cc1)NO. The second kappa shape index (κ2) is 8.59. The van der Waals surface area contributed by atoms with Gasteiger partial charge in [0.25, 0.3) is 5.91 Å². The lowest BCUT2D eigenvalue weighted by Crippen LogP contribution is -2.35. The first-order valence-corrected chi connectivity index (χ1v) is 9.99. The molecule has 1 atom stereocenters. The first-order chi connectivity index (χ1) is 13.7. The minimum Gasteiger partial charge on any atom is -0.384 e. The molecule has 2 aromatic carbocycles. The summed E-state index contributed by atoms with van der Waals surface area (Å²) in [5.41, 5.74) is 6.64. The summed E-state index contributed by atoms with van der Waals surface area (Å²) < 4.78 is 0. The van der Waals surface area contributed by atoms with Crippen LogP contribution in [0.25, 0.3) is 6.08 Å². The third-order valence-electron chi connectivity index (χ3n) is 6.00. The summed E-state index contributed by atoms with van der Waals surface area (Å²) in [6.07, 6.45) is 5.50. The summed E-state index contributed by atoms with van der Waals surface area (Å²) in [5.74, 6) is 0.894. The number of nitrogens with zero attached hydrogens (tertiary/aromatic N) is 1. The molecule has 1 fully saturated rings. The van der Waals surface area contributed by atoms with E-state index < -0.39 is 5.91 Å². The Morgan fingerprint density at radius 2 is 1.89 bits per heavy atom. The van der Waals surface area contributed by atoms with Crippen molar-refractivity contribution in [2.45, 2.75) is 25.3 Å². The summed E-state index contributed by atoms with van der Waals surface area (Å²) >= 11 is 0. The minimum atomic E-state index is -0.521. The van der Waals surface area contributed by atoms with E-state index in [4.69, 9.17) is 5.21 Å². The molecule has 5 heteroatoms. The topological polar surface area (TPSA) is 64.6 Å². The average molecular weight is 377 g/mol. The molecule has 3 N–H and O–H groups in total. The van der Waals surface area contributed by atoms with Crippen molar-refractivity contribution in [2.75, 3.05) is 25.0 Å². The van der Waals surface area contributed by atoms with E-state index in [0.29, 0.717) is 5.92 Å². The predicted molar refractivity (Wildman–Crippen MR) is 111 cm³/mol. The van der Waals surface area contributed by atoms with Crippen molar-refractivity contribution in [1.29, 1.82) is 0 Å². The Hall–Kier alpha value is -2.63. The maximum atomic E-state index is 11.0. The van der Waals surface area contributed by atoms with E-state index in [9.17, 15) is 4.79 Å². The summed E-state index contributed by atoms with van der Waals surface area (Å²) in [4.78, 5) is 13.6. The van der Waals surface area contributed by atoms with Gasteiger partial charge >= 0.3 is 0 Å². The Kier molecular flexibility index (Phi) is 5.74. The van der Waals surface area contributed by atoms with Crippen molar-refractivity contribution < 1.29 is 10.0 Å². The molecule has 0 bridgehead atoms. The molecule has 1 saturated heterocycles. The van der Waals surface area contributed by atoms with Crippen molar-refractivity contribution in [1.82, 2.24) is 10.4 Å². The van der Waals surface area contributed by atoms with Crippen molar-refractivity contribution in [3.05, 3.63) is 71.3 Å². The number of rotatable bonds is 5. The molecule has 1 unspecified atom stereocenters. The molecule has 0 spiro atoms. The lowest BCUT2D eigenvalue weighted by atomic mass is 9.81. The van der Waals surface area contributed by atoms with Gasteiger partial charge < -0.3 is 5.32 Å². The van der Waals surface area contributed by atoms with Gasteiger partial charge in [-0.15, -0.1) is 0 Å². The molecular weight excluding hydrogens is 350 g/mol. The molecule has 0 aromatic heterocycles. The number of piperidine rings is 1. The number of benzene rings is 2. The Morgan fingerprint density at radius 1 is 1.14 bits per heavy atom. The molecule has 4 rings (SSSR count). The van der Waals surface area contributed by atoms with Crippen molar-refractivity contribution >= 4 is 17.7 Å². The molecule has 28 heavy (non-hydrogen) atoms. The van der Waals surface area contributed by atoms with Gasteiger partial charge in [-0.1, -0.05) is 42.5 Å². The Bertz CT molecular complexity index is 839. The highest BCUT2D eigenvalue weighted by Gasteiger charge is 2.31.